The third-order valence-corrected chi connectivity index (χ3v) is 12.5. The van der Waals surface area contributed by atoms with Crippen molar-refractivity contribution in [1.29, 1.82) is 0 Å². The summed E-state index contributed by atoms with van der Waals surface area (Å²) in [5, 5.41) is 12.0. The normalized spacial score (nSPS) is 14.0. The zero-order valence-electron chi connectivity index (χ0n) is 32.9. The number of unbranched alkanes of at least 4 members (excludes halogenated alkanes) is 15. The predicted molar refractivity (Wildman–Crippen MR) is 232 cm³/mol. The second-order valence-corrected chi connectivity index (χ2v) is 16.8. The van der Waals surface area contributed by atoms with Gasteiger partial charge in [0.2, 0.25) is 0 Å². The van der Waals surface area contributed by atoms with Crippen molar-refractivity contribution in [3.63, 3.8) is 0 Å². The van der Waals surface area contributed by atoms with Gasteiger partial charge in [-0.15, -0.1) is 0 Å². The van der Waals surface area contributed by atoms with E-state index in [1.54, 1.807) is 0 Å². The van der Waals surface area contributed by atoms with Crippen LogP contribution in [0, 0.1) is 0 Å². The minimum atomic E-state index is -0.633. The summed E-state index contributed by atoms with van der Waals surface area (Å²) in [7, 11) is 0. The lowest BCUT2D eigenvalue weighted by atomic mass is 9.82. The van der Waals surface area contributed by atoms with Crippen LogP contribution < -0.4 is 5.73 Å². The van der Waals surface area contributed by atoms with Crippen LogP contribution in [0.1, 0.15) is 186 Å². The highest BCUT2D eigenvalue weighted by atomic mass is 127. The van der Waals surface area contributed by atoms with Crippen molar-refractivity contribution in [2.24, 2.45) is 5.73 Å². The third-order valence-electron chi connectivity index (χ3n) is 11.0. The van der Waals surface area contributed by atoms with E-state index in [4.69, 9.17) is 5.73 Å². The van der Waals surface area contributed by atoms with Gasteiger partial charge in [-0.3, -0.25) is 0 Å². The van der Waals surface area contributed by atoms with E-state index in [2.05, 4.69) is 116 Å². The van der Waals surface area contributed by atoms with E-state index in [-0.39, 0.29) is 15.9 Å². The highest BCUT2D eigenvalue weighted by Gasteiger charge is 2.33. The summed E-state index contributed by atoms with van der Waals surface area (Å²) in [6.45, 7) is 6.84. The molecule has 3 N–H and O–H groups in total. The van der Waals surface area contributed by atoms with E-state index >= 15 is 0 Å². The maximum Gasteiger partial charge on any atom is 0.0772 e. The lowest BCUT2D eigenvalue weighted by Gasteiger charge is -2.32. The van der Waals surface area contributed by atoms with Gasteiger partial charge in [-0.05, 0) is 84.7 Å². The number of rotatable bonds is 29. The lowest BCUT2D eigenvalue weighted by Crippen LogP contribution is -2.40. The fourth-order valence-electron chi connectivity index (χ4n) is 7.49. The molecule has 0 spiro atoms. The number of benzene rings is 3. The Morgan fingerprint density at radius 2 is 0.765 bits per heavy atom. The first-order chi connectivity index (χ1) is 25.0. The van der Waals surface area contributed by atoms with Crippen LogP contribution in [-0.4, -0.2) is 17.3 Å². The SMILES string of the molecule is CCCCCCCCc1ccc(CCC(N)C(O)C(c2ccc(CCCCCCCC)cc2)C(I)c2ccc(CCCCCCCC)cc2)cc1. The maximum absolute atomic E-state index is 12.0. The lowest BCUT2D eigenvalue weighted by molar-refractivity contribution is 0.111. The predicted octanol–water partition coefficient (Wildman–Crippen LogP) is 14.0. The number of aliphatic hydroxyl groups is 1. The van der Waals surface area contributed by atoms with Crippen LogP contribution in [0.4, 0.5) is 0 Å². The molecule has 0 saturated heterocycles. The maximum atomic E-state index is 12.0. The van der Waals surface area contributed by atoms with E-state index < -0.39 is 6.10 Å². The van der Waals surface area contributed by atoms with Gasteiger partial charge in [0.15, 0.2) is 0 Å². The van der Waals surface area contributed by atoms with Crippen molar-refractivity contribution in [3.8, 4) is 0 Å². The van der Waals surface area contributed by atoms with Crippen LogP contribution in [-0.2, 0) is 25.7 Å². The molecule has 0 aliphatic rings. The monoisotopic (exact) mass is 807 g/mol. The molecule has 3 aromatic rings. The van der Waals surface area contributed by atoms with Gasteiger partial charge in [0.25, 0.3) is 0 Å². The molecule has 4 unspecified atom stereocenters. The van der Waals surface area contributed by atoms with Gasteiger partial charge < -0.3 is 10.8 Å². The summed E-state index contributed by atoms with van der Waals surface area (Å²) in [5.41, 5.74) is 14.9. The first-order valence-corrected chi connectivity index (χ1v) is 22.5. The molecule has 0 bridgehead atoms. The molecule has 51 heavy (non-hydrogen) atoms. The largest absolute Gasteiger partial charge is 0.391 e. The van der Waals surface area contributed by atoms with Gasteiger partial charge in [0.05, 0.1) is 6.10 Å². The van der Waals surface area contributed by atoms with Crippen LogP contribution in [0.5, 0.6) is 0 Å². The fraction of sp³-hybridized carbons (Fsp3) is 0.625. The van der Waals surface area contributed by atoms with Gasteiger partial charge in [0.1, 0.15) is 0 Å². The third kappa shape index (κ3) is 17.3. The van der Waals surface area contributed by atoms with Gasteiger partial charge in [-0.2, -0.15) is 0 Å². The molecule has 3 heteroatoms. The summed E-state index contributed by atoms with van der Waals surface area (Å²) < 4.78 is 0.123. The van der Waals surface area contributed by atoms with E-state index in [1.807, 2.05) is 0 Å². The molecule has 0 heterocycles. The fourth-order valence-corrected chi connectivity index (χ4v) is 8.75. The quantitative estimate of drug-likeness (QED) is 0.0417. The van der Waals surface area contributed by atoms with Crippen LogP contribution in [0.25, 0.3) is 0 Å². The molecule has 0 amide bonds. The summed E-state index contributed by atoms with van der Waals surface area (Å²) in [6, 6.07) is 27.2. The Kier molecular flexibility index (Phi) is 23.1. The molecule has 0 radical (unpaired) electrons. The van der Waals surface area contributed by atoms with Gasteiger partial charge in [0, 0.05) is 15.9 Å². The second-order valence-electron chi connectivity index (χ2n) is 15.5. The molecule has 2 nitrogen and oxygen atoms in total. The summed E-state index contributed by atoms with van der Waals surface area (Å²) in [4.78, 5) is 0. The molecule has 0 aromatic heterocycles. The van der Waals surface area contributed by atoms with Crippen LogP contribution >= 0.6 is 22.6 Å². The van der Waals surface area contributed by atoms with Gasteiger partial charge in [-0.25, -0.2) is 0 Å². The Hall–Kier alpha value is -1.69. The van der Waals surface area contributed by atoms with Crippen molar-refractivity contribution >= 4 is 22.6 Å². The first-order valence-electron chi connectivity index (χ1n) is 21.3. The molecule has 3 aromatic carbocycles. The highest BCUT2D eigenvalue weighted by Crippen LogP contribution is 2.42. The summed E-state index contributed by atoms with van der Waals surface area (Å²) >= 11 is 2.58. The Balaban J connectivity index is 1.63. The zero-order valence-corrected chi connectivity index (χ0v) is 35.1. The van der Waals surface area contributed by atoms with Crippen molar-refractivity contribution < 1.29 is 5.11 Å². The minimum absolute atomic E-state index is 0.0761. The number of alkyl halides is 1. The average Bonchev–Trinajstić information content (AvgIpc) is 3.16. The molecule has 4 atom stereocenters. The topological polar surface area (TPSA) is 46.2 Å². The van der Waals surface area contributed by atoms with Crippen molar-refractivity contribution in [3.05, 3.63) is 106 Å². The first kappa shape index (κ1) is 43.7. The van der Waals surface area contributed by atoms with E-state index in [1.165, 1.54) is 155 Å². The highest BCUT2D eigenvalue weighted by molar-refractivity contribution is 14.1. The van der Waals surface area contributed by atoms with Crippen LogP contribution in [0.2, 0.25) is 0 Å². The molecule has 284 valence electrons. The second kappa shape index (κ2) is 27.0. The number of hydrogen-bond donors (Lipinski definition) is 2. The van der Waals surface area contributed by atoms with Crippen LogP contribution in [0.15, 0.2) is 72.8 Å². The average molecular weight is 808 g/mol. The molecule has 0 aliphatic heterocycles. The molecule has 0 fully saturated rings. The number of aryl methyl sites for hydroxylation is 4. The number of halogens is 1. The van der Waals surface area contributed by atoms with Gasteiger partial charge >= 0.3 is 0 Å². The van der Waals surface area contributed by atoms with Crippen LogP contribution in [0.3, 0.4) is 0 Å². The Bertz CT molecular complexity index is 1250. The Morgan fingerprint density at radius 1 is 0.451 bits per heavy atom. The number of hydrogen-bond acceptors (Lipinski definition) is 2. The molecular weight excluding hydrogens is 733 g/mol. The van der Waals surface area contributed by atoms with E-state index in [0.29, 0.717) is 0 Å². The summed E-state index contributed by atoms with van der Waals surface area (Å²) in [5.74, 6) is -0.0761. The molecule has 3 rings (SSSR count). The zero-order chi connectivity index (χ0) is 36.5. The smallest absolute Gasteiger partial charge is 0.0772 e. The Labute approximate surface area is 328 Å². The van der Waals surface area contributed by atoms with Gasteiger partial charge in [-0.1, -0.05) is 212 Å². The van der Waals surface area contributed by atoms with Crippen molar-refractivity contribution in [2.45, 2.75) is 190 Å². The Morgan fingerprint density at radius 3 is 1.16 bits per heavy atom. The number of nitrogens with two attached hydrogens (primary N) is 1. The van der Waals surface area contributed by atoms with Crippen molar-refractivity contribution in [2.75, 3.05) is 0 Å². The minimum Gasteiger partial charge on any atom is -0.391 e. The molecule has 0 aliphatic carbocycles. The number of aliphatic hydroxyl groups excluding tert-OH is 1. The molecule has 0 saturated carbocycles. The summed E-state index contributed by atoms with van der Waals surface area (Å²) in [6.07, 6.45) is 28.4. The van der Waals surface area contributed by atoms with Crippen molar-refractivity contribution in [1.82, 2.24) is 0 Å². The van der Waals surface area contributed by atoms with E-state index in [0.717, 1.165) is 25.7 Å². The van der Waals surface area contributed by atoms with E-state index in [9.17, 15) is 5.11 Å². The molecular formula is C48H74INO. The standard InChI is InChI=1S/C48H74INO/c1-4-7-10-13-16-19-22-39-25-27-42(28-26-39)33-38-45(50)48(51)46(43-34-29-40(30-35-43)23-20-17-14-11-8-5-2)47(49)44-36-31-41(32-37-44)24-21-18-15-12-9-6-3/h25-32,34-37,45-48,51H,4-24,33,38,50H2,1-3H3.